The first kappa shape index (κ1) is 34.9. The molecule has 0 spiro atoms. The van der Waals surface area contributed by atoms with E-state index in [0.29, 0.717) is 31.1 Å². The van der Waals surface area contributed by atoms with E-state index in [1.165, 1.54) is 32.1 Å². The van der Waals surface area contributed by atoms with E-state index < -0.39 is 32.7 Å². The number of carboxylic acids is 2. The fourth-order valence-corrected chi connectivity index (χ4v) is 6.22. The molecule has 7 nitrogen and oxygen atoms in total. The molecule has 0 aromatic rings. The third-order valence-electron chi connectivity index (χ3n) is 7.29. The maximum Gasteiger partial charge on any atom is 0.328 e. The average molecular weight is 535 g/mol. The van der Waals surface area contributed by atoms with Crippen LogP contribution < -0.4 is 0 Å². The van der Waals surface area contributed by atoms with Gasteiger partial charge in [0, 0.05) is 0 Å². The van der Waals surface area contributed by atoms with Gasteiger partial charge in [0.25, 0.3) is 10.1 Å². The number of hydrogen-bond acceptors (Lipinski definition) is 4. The van der Waals surface area contributed by atoms with Gasteiger partial charge < -0.3 is 10.2 Å². The molecule has 0 aliphatic carbocycles. The Morgan fingerprint density at radius 2 is 0.944 bits per heavy atom. The Bertz CT molecular complexity index is 703. The fourth-order valence-electron chi connectivity index (χ4n) is 5.01. The Hall–Kier alpha value is -1.15. The monoisotopic (exact) mass is 534 g/mol. The van der Waals surface area contributed by atoms with E-state index >= 15 is 0 Å². The smallest absolute Gasteiger partial charge is 0.328 e. The van der Waals surface area contributed by atoms with Crippen LogP contribution in [0, 0.1) is 17.8 Å². The summed E-state index contributed by atoms with van der Waals surface area (Å²) in [5.41, 5.74) is 0. The van der Waals surface area contributed by atoms with Crippen LogP contribution >= 0.6 is 0 Å². The Balaban J connectivity index is 4.80. The summed E-state index contributed by atoms with van der Waals surface area (Å²) >= 11 is 0. The summed E-state index contributed by atoms with van der Waals surface area (Å²) in [6.07, 6.45) is 14.5. The van der Waals surface area contributed by atoms with Gasteiger partial charge in [-0.15, -0.1) is 0 Å². The van der Waals surface area contributed by atoms with Crippen molar-refractivity contribution in [2.75, 3.05) is 0 Å². The average Bonchev–Trinajstić information content (AvgIpc) is 2.75. The predicted molar refractivity (Wildman–Crippen MR) is 146 cm³/mol. The van der Waals surface area contributed by atoms with Crippen LogP contribution in [0.5, 0.6) is 0 Å². The number of carboxylic acid groups (broad SMARTS) is 2. The van der Waals surface area contributed by atoms with Gasteiger partial charge in [-0.25, -0.2) is 0 Å². The van der Waals surface area contributed by atoms with E-state index in [1.54, 1.807) is 0 Å². The molecule has 2 unspecified atom stereocenters. The van der Waals surface area contributed by atoms with E-state index in [4.69, 9.17) is 0 Å². The van der Waals surface area contributed by atoms with Gasteiger partial charge in [0.15, 0.2) is 0 Å². The highest BCUT2D eigenvalue weighted by molar-refractivity contribution is 7.88. The van der Waals surface area contributed by atoms with Gasteiger partial charge in [-0.2, -0.15) is 8.42 Å². The Morgan fingerprint density at radius 3 is 1.25 bits per heavy atom. The third kappa shape index (κ3) is 14.0. The molecule has 0 fully saturated rings. The Morgan fingerprint density at radius 1 is 0.611 bits per heavy atom. The summed E-state index contributed by atoms with van der Waals surface area (Å²) in [5, 5.41) is 19.7. The minimum absolute atomic E-state index is 0.0787. The first-order valence-corrected chi connectivity index (χ1v) is 15.7. The number of rotatable bonds is 24. The van der Waals surface area contributed by atoms with Crippen molar-refractivity contribution in [3.05, 3.63) is 0 Å². The van der Waals surface area contributed by atoms with Crippen molar-refractivity contribution in [1.82, 2.24) is 0 Å². The molecule has 0 amide bonds. The summed E-state index contributed by atoms with van der Waals surface area (Å²) in [5.74, 6) is -3.52. The minimum atomic E-state index is -5.13. The number of unbranched alkanes of at least 4 members (excludes halogenated alkanes) is 12. The molecule has 0 saturated carbocycles. The summed E-state index contributed by atoms with van der Waals surface area (Å²) in [6, 6.07) is 0. The van der Waals surface area contributed by atoms with Crippen molar-refractivity contribution >= 4 is 22.1 Å². The molecule has 214 valence electrons. The Labute approximate surface area is 220 Å². The van der Waals surface area contributed by atoms with Crippen molar-refractivity contribution < 1.29 is 32.8 Å². The second-order valence-corrected chi connectivity index (χ2v) is 13.1. The molecule has 3 N–H and O–H groups in total. The highest BCUT2D eigenvalue weighted by Gasteiger charge is 2.58. The molecule has 8 heteroatoms. The molecule has 2 atom stereocenters. The van der Waals surface area contributed by atoms with Gasteiger partial charge >= 0.3 is 11.9 Å². The lowest BCUT2D eigenvalue weighted by atomic mass is 9.82. The Kier molecular flexibility index (Phi) is 18.4. The van der Waals surface area contributed by atoms with Crippen molar-refractivity contribution in [3.63, 3.8) is 0 Å². The lowest BCUT2D eigenvalue weighted by Crippen LogP contribution is -2.55. The molecule has 0 aliphatic rings. The SMILES string of the molecule is CC(C)CCCCCCCCCC(C(=O)O)C(CCCCCCCCCC(C)C)(C(=O)O)S(=O)(=O)O. The molecule has 0 aromatic heterocycles. The first-order valence-electron chi connectivity index (χ1n) is 14.3. The van der Waals surface area contributed by atoms with Crippen molar-refractivity contribution in [1.29, 1.82) is 0 Å². The van der Waals surface area contributed by atoms with E-state index in [-0.39, 0.29) is 19.3 Å². The van der Waals surface area contributed by atoms with E-state index in [2.05, 4.69) is 27.7 Å². The molecule has 0 bridgehead atoms. The van der Waals surface area contributed by atoms with Crippen molar-refractivity contribution in [2.24, 2.45) is 17.8 Å². The zero-order chi connectivity index (χ0) is 27.6. The van der Waals surface area contributed by atoms with Crippen LogP contribution in [0.3, 0.4) is 0 Å². The second kappa shape index (κ2) is 19.0. The van der Waals surface area contributed by atoms with Crippen LogP contribution in [-0.2, 0) is 19.7 Å². The lowest BCUT2D eigenvalue weighted by molar-refractivity contribution is -0.152. The number of aliphatic carboxylic acids is 2. The molecule has 0 aromatic carbocycles. The third-order valence-corrected chi connectivity index (χ3v) is 8.87. The fraction of sp³-hybridized carbons (Fsp3) is 0.929. The van der Waals surface area contributed by atoms with Crippen LogP contribution in [0.25, 0.3) is 0 Å². The highest BCUT2D eigenvalue weighted by atomic mass is 32.2. The van der Waals surface area contributed by atoms with E-state index in [9.17, 15) is 32.8 Å². The molecule has 0 heterocycles. The zero-order valence-corrected chi connectivity index (χ0v) is 24.2. The quantitative estimate of drug-likeness (QED) is 0.0853. The largest absolute Gasteiger partial charge is 0.481 e. The topological polar surface area (TPSA) is 129 Å². The van der Waals surface area contributed by atoms with Crippen LogP contribution in [0.4, 0.5) is 0 Å². The standard InChI is InChI=1S/C28H54O7S/c1-23(2)19-15-11-7-5-9-13-17-21-25(26(29)30)28(27(31)32,36(33,34)35)22-18-14-10-6-8-12-16-20-24(3)4/h23-25H,5-22H2,1-4H3,(H,29,30)(H,31,32)(H,33,34,35). The predicted octanol–water partition coefficient (Wildman–Crippen LogP) is 7.73. The molecular weight excluding hydrogens is 480 g/mol. The van der Waals surface area contributed by atoms with Gasteiger partial charge in [0.1, 0.15) is 0 Å². The van der Waals surface area contributed by atoms with E-state index in [1.807, 2.05) is 0 Å². The van der Waals surface area contributed by atoms with Crippen LogP contribution in [0.1, 0.15) is 143 Å². The van der Waals surface area contributed by atoms with Gasteiger partial charge in [-0.1, -0.05) is 130 Å². The normalized spacial score (nSPS) is 14.8. The lowest BCUT2D eigenvalue weighted by Gasteiger charge is -2.32. The van der Waals surface area contributed by atoms with Crippen LogP contribution in [-0.4, -0.2) is 39.9 Å². The van der Waals surface area contributed by atoms with Crippen LogP contribution in [0.2, 0.25) is 0 Å². The first-order chi connectivity index (χ1) is 16.9. The molecular formula is C28H54O7S. The highest BCUT2D eigenvalue weighted by Crippen LogP contribution is 2.37. The van der Waals surface area contributed by atoms with Crippen molar-refractivity contribution in [2.45, 2.75) is 148 Å². The maximum atomic E-state index is 12.3. The van der Waals surface area contributed by atoms with Gasteiger partial charge in [-0.3, -0.25) is 14.1 Å². The molecule has 0 aliphatic heterocycles. The van der Waals surface area contributed by atoms with E-state index in [0.717, 1.165) is 44.9 Å². The number of hydrogen-bond donors (Lipinski definition) is 3. The summed E-state index contributed by atoms with van der Waals surface area (Å²) in [4.78, 5) is 24.2. The minimum Gasteiger partial charge on any atom is -0.481 e. The molecule has 36 heavy (non-hydrogen) atoms. The maximum absolute atomic E-state index is 12.3. The number of carbonyl (C=O) groups is 2. The van der Waals surface area contributed by atoms with Gasteiger partial charge in [0.2, 0.25) is 4.75 Å². The van der Waals surface area contributed by atoms with Crippen molar-refractivity contribution in [3.8, 4) is 0 Å². The van der Waals surface area contributed by atoms with Crippen LogP contribution in [0.15, 0.2) is 0 Å². The molecule has 0 saturated heterocycles. The van der Waals surface area contributed by atoms with Gasteiger partial charge in [-0.05, 0) is 24.7 Å². The molecule has 0 radical (unpaired) electrons. The summed E-state index contributed by atoms with van der Waals surface area (Å²) in [6.45, 7) is 8.81. The summed E-state index contributed by atoms with van der Waals surface area (Å²) < 4.78 is 31.9. The molecule has 0 rings (SSSR count). The zero-order valence-electron chi connectivity index (χ0n) is 23.3. The second-order valence-electron chi connectivity index (χ2n) is 11.4. The van der Waals surface area contributed by atoms with Gasteiger partial charge in [0.05, 0.1) is 5.92 Å². The summed E-state index contributed by atoms with van der Waals surface area (Å²) in [7, 11) is -5.13.